The number of benzene rings is 1. The normalized spacial score (nSPS) is 11.6. The number of rotatable bonds is 5. The van der Waals surface area contributed by atoms with E-state index in [0.29, 0.717) is 22.8 Å². The van der Waals surface area contributed by atoms with Gasteiger partial charge in [0.2, 0.25) is 0 Å². The summed E-state index contributed by atoms with van der Waals surface area (Å²) in [6, 6.07) is 8.95. The number of nitrogen functional groups attached to an aromatic ring is 1. The zero-order valence-electron chi connectivity index (χ0n) is 15.2. The molecular weight excluding hydrogens is 362 g/mol. The van der Waals surface area contributed by atoms with E-state index in [9.17, 15) is 4.79 Å². The van der Waals surface area contributed by atoms with Crippen molar-refractivity contribution in [2.45, 2.75) is 19.4 Å². The highest BCUT2D eigenvalue weighted by Gasteiger charge is 2.27. The monoisotopic (exact) mass is 379 g/mol. The summed E-state index contributed by atoms with van der Waals surface area (Å²) in [5.41, 5.74) is 12.7. The Bertz CT molecular complexity index is 1160. The van der Waals surface area contributed by atoms with Gasteiger partial charge in [-0.1, -0.05) is 0 Å². The van der Waals surface area contributed by atoms with Crippen LogP contribution in [0.25, 0.3) is 28.2 Å². The molecular formula is C18H17N7O3. The van der Waals surface area contributed by atoms with Gasteiger partial charge in [-0.25, -0.2) is 9.61 Å². The third-order valence-corrected chi connectivity index (χ3v) is 4.24. The summed E-state index contributed by atoms with van der Waals surface area (Å²) in [6.07, 6.45) is 3.31. The fourth-order valence-electron chi connectivity index (χ4n) is 2.71. The average molecular weight is 379 g/mol. The standard InChI is InChI=1S/C18H17N7O3/c1-18(2,17(20)26)27-11-5-3-10(4-6-11)25-13-7-8-21-9-12(13)22-16(25)14-15(19)24-28-23-14/h3-9H,1-2H3,(H2,19,24)(H2,20,26). The molecule has 4 aromatic rings. The number of nitrogens with zero attached hydrogens (tertiary/aromatic N) is 5. The molecule has 0 unspecified atom stereocenters. The van der Waals surface area contributed by atoms with E-state index in [4.69, 9.17) is 20.8 Å². The zero-order chi connectivity index (χ0) is 19.9. The van der Waals surface area contributed by atoms with E-state index >= 15 is 0 Å². The second kappa shape index (κ2) is 6.34. The van der Waals surface area contributed by atoms with Crippen molar-refractivity contribution in [2.75, 3.05) is 5.73 Å². The number of ether oxygens (including phenoxy) is 1. The van der Waals surface area contributed by atoms with Gasteiger partial charge in [0.1, 0.15) is 11.3 Å². The van der Waals surface area contributed by atoms with Crippen molar-refractivity contribution in [2.24, 2.45) is 5.73 Å². The van der Waals surface area contributed by atoms with Crippen molar-refractivity contribution in [3.05, 3.63) is 42.7 Å². The first-order chi connectivity index (χ1) is 13.4. The maximum atomic E-state index is 11.5. The molecule has 10 heteroatoms. The maximum absolute atomic E-state index is 11.5. The fraction of sp³-hybridized carbons (Fsp3) is 0.167. The number of hydrogen-bond donors (Lipinski definition) is 2. The van der Waals surface area contributed by atoms with Crippen molar-refractivity contribution in [1.29, 1.82) is 0 Å². The van der Waals surface area contributed by atoms with E-state index in [-0.39, 0.29) is 5.82 Å². The molecule has 0 saturated heterocycles. The Morgan fingerprint density at radius 1 is 1.18 bits per heavy atom. The predicted octanol–water partition coefficient (Wildman–Crippen LogP) is 1.70. The number of amides is 1. The minimum atomic E-state index is -1.12. The molecule has 0 radical (unpaired) electrons. The summed E-state index contributed by atoms with van der Waals surface area (Å²) in [7, 11) is 0. The quantitative estimate of drug-likeness (QED) is 0.532. The van der Waals surface area contributed by atoms with E-state index in [1.807, 2.05) is 22.8 Å². The van der Waals surface area contributed by atoms with Gasteiger partial charge >= 0.3 is 0 Å². The molecule has 3 heterocycles. The van der Waals surface area contributed by atoms with Crippen LogP contribution in [0.15, 0.2) is 47.4 Å². The molecule has 4 rings (SSSR count). The van der Waals surface area contributed by atoms with Crippen LogP contribution in [-0.2, 0) is 4.79 Å². The Morgan fingerprint density at radius 2 is 1.93 bits per heavy atom. The van der Waals surface area contributed by atoms with Crippen LogP contribution in [0.4, 0.5) is 5.82 Å². The summed E-state index contributed by atoms with van der Waals surface area (Å²) in [5, 5.41) is 7.49. The van der Waals surface area contributed by atoms with E-state index < -0.39 is 11.5 Å². The highest BCUT2D eigenvalue weighted by Crippen LogP contribution is 2.30. The minimum Gasteiger partial charge on any atom is -0.478 e. The number of anilines is 1. The molecule has 1 amide bonds. The molecule has 0 fully saturated rings. The van der Waals surface area contributed by atoms with E-state index in [1.165, 1.54) is 0 Å². The van der Waals surface area contributed by atoms with Gasteiger partial charge in [-0.2, -0.15) is 0 Å². The highest BCUT2D eigenvalue weighted by molar-refractivity contribution is 5.84. The minimum absolute atomic E-state index is 0.132. The van der Waals surface area contributed by atoms with Gasteiger partial charge in [-0.15, -0.1) is 0 Å². The number of hydrogen-bond acceptors (Lipinski definition) is 8. The number of carbonyl (C=O) groups is 1. The van der Waals surface area contributed by atoms with Crippen LogP contribution in [0.5, 0.6) is 5.75 Å². The predicted molar refractivity (Wildman–Crippen MR) is 100 cm³/mol. The molecule has 28 heavy (non-hydrogen) atoms. The molecule has 0 atom stereocenters. The third-order valence-electron chi connectivity index (χ3n) is 4.24. The highest BCUT2D eigenvalue weighted by atomic mass is 16.6. The first-order valence-electron chi connectivity index (χ1n) is 8.37. The molecule has 4 N–H and O–H groups in total. The van der Waals surface area contributed by atoms with Crippen LogP contribution in [0.1, 0.15) is 13.8 Å². The molecule has 0 aliphatic carbocycles. The van der Waals surface area contributed by atoms with Crippen LogP contribution >= 0.6 is 0 Å². The summed E-state index contributed by atoms with van der Waals surface area (Å²) < 4.78 is 12.3. The Kier molecular flexibility index (Phi) is 3.95. The van der Waals surface area contributed by atoms with Crippen molar-refractivity contribution in [3.63, 3.8) is 0 Å². The lowest BCUT2D eigenvalue weighted by Crippen LogP contribution is -2.43. The molecule has 1 aromatic carbocycles. The molecule has 10 nitrogen and oxygen atoms in total. The Balaban J connectivity index is 1.81. The second-order valence-corrected chi connectivity index (χ2v) is 6.60. The lowest BCUT2D eigenvalue weighted by atomic mass is 10.1. The van der Waals surface area contributed by atoms with Gasteiger partial charge in [0.15, 0.2) is 22.9 Å². The van der Waals surface area contributed by atoms with Gasteiger partial charge in [-0.05, 0) is 54.5 Å². The largest absolute Gasteiger partial charge is 0.478 e. The van der Waals surface area contributed by atoms with Crippen LogP contribution < -0.4 is 16.2 Å². The Hall–Kier alpha value is -3.95. The van der Waals surface area contributed by atoms with Crippen molar-refractivity contribution >= 4 is 22.8 Å². The zero-order valence-corrected chi connectivity index (χ0v) is 15.2. The Labute approximate surface area is 159 Å². The fourth-order valence-corrected chi connectivity index (χ4v) is 2.71. The number of primary amides is 1. The summed E-state index contributed by atoms with van der Waals surface area (Å²) >= 11 is 0. The lowest BCUT2D eigenvalue weighted by Gasteiger charge is -2.22. The number of fused-ring (bicyclic) bond motifs is 1. The van der Waals surface area contributed by atoms with E-state index in [1.54, 1.807) is 38.4 Å². The van der Waals surface area contributed by atoms with Crippen LogP contribution in [0.3, 0.4) is 0 Å². The molecule has 142 valence electrons. The second-order valence-electron chi connectivity index (χ2n) is 6.60. The van der Waals surface area contributed by atoms with E-state index in [2.05, 4.69) is 20.3 Å². The van der Waals surface area contributed by atoms with E-state index in [0.717, 1.165) is 11.2 Å². The van der Waals surface area contributed by atoms with Gasteiger partial charge in [-0.3, -0.25) is 14.3 Å². The van der Waals surface area contributed by atoms with Crippen LogP contribution in [-0.4, -0.2) is 36.4 Å². The molecule has 0 spiro atoms. The smallest absolute Gasteiger partial charge is 0.261 e. The number of nitrogens with two attached hydrogens (primary N) is 2. The van der Waals surface area contributed by atoms with Gasteiger partial charge in [0.05, 0.1) is 11.7 Å². The van der Waals surface area contributed by atoms with Crippen molar-refractivity contribution in [1.82, 2.24) is 24.8 Å². The molecule has 0 aliphatic rings. The van der Waals surface area contributed by atoms with Gasteiger partial charge in [0, 0.05) is 11.9 Å². The van der Waals surface area contributed by atoms with Crippen LogP contribution in [0, 0.1) is 0 Å². The van der Waals surface area contributed by atoms with Gasteiger partial charge < -0.3 is 16.2 Å². The van der Waals surface area contributed by atoms with Gasteiger partial charge in [0.25, 0.3) is 5.91 Å². The summed E-state index contributed by atoms with van der Waals surface area (Å²) in [5.74, 6) is 0.546. The van der Waals surface area contributed by atoms with Crippen LogP contribution in [0.2, 0.25) is 0 Å². The summed E-state index contributed by atoms with van der Waals surface area (Å²) in [6.45, 7) is 3.22. The number of carbonyl (C=O) groups excluding carboxylic acids is 1. The molecule has 0 aliphatic heterocycles. The average Bonchev–Trinajstić information content (AvgIpc) is 3.25. The third kappa shape index (κ3) is 2.90. The first kappa shape index (κ1) is 17.5. The number of pyridine rings is 1. The Morgan fingerprint density at radius 3 is 2.57 bits per heavy atom. The number of imidazole rings is 1. The lowest BCUT2D eigenvalue weighted by molar-refractivity contribution is -0.130. The maximum Gasteiger partial charge on any atom is 0.261 e. The molecule has 0 bridgehead atoms. The van der Waals surface area contributed by atoms with Crippen molar-refractivity contribution in [3.8, 4) is 23.0 Å². The number of aromatic nitrogens is 5. The van der Waals surface area contributed by atoms with Crippen molar-refractivity contribution < 1.29 is 14.2 Å². The molecule has 3 aromatic heterocycles. The first-order valence-corrected chi connectivity index (χ1v) is 8.37. The SMILES string of the molecule is CC(C)(Oc1ccc(-n2c(-c3nonc3N)nc3cnccc32)cc1)C(N)=O. The topological polar surface area (TPSA) is 148 Å². The molecule has 0 saturated carbocycles. The summed E-state index contributed by atoms with van der Waals surface area (Å²) in [4.78, 5) is 20.1.